The van der Waals surface area contributed by atoms with Crippen molar-refractivity contribution in [3.05, 3.63) is 59.4 Å². The number of benzene rings is 1. The van der Waals surface area contributed by atoms with E-state index in [1.807, 2.05) is 30.5 Å². The lowest BCUT2D eigenvalue weighted by molar-refractivity contribution is 0.0683. The topological polar surface area (TPSA) is 42.2 Å². The maximum Gasteiger partial charge on any atom is 0.352 e. The van der Waals surface area contributed by atoms with Gasteiger partial charge in [0.05, 0.1) is 0 Å². The van der Waals surface area contributed by atoms with Crippen LogP contribution >= 0.6 is 0 Å². The second kappa shape index (κ2) is 6.42. The molecule has 106 valence electrons. The first-order valence-electron chi connectivity index (χ1n) is 7.07. The molecule has 3 nitrogen and oxygen atoms in total. The molecule has 0 radical (unpaired) electrons. The average molecular weight is 271 g/mol. The summed E-state index contributed by atoms with van der Waals surface area (Å²) in [6.07, 6.45) is 2.95. The van der Waals surface area contributed by atoms with Crippen molar-refractivity contribution in [1.82, 2.24) is 4.57 Å². The Morgan fingerprint density at radius 3 is 2.40 bits per heavy atom. The molecule has 1 aromatic heterocycles. The van der Waals surface area contributed by atoms with Crippen molar-refractivity contribution in [2.24, 2.45) is 0 Å². The summed E-state index contributed by atoms with van der Waals surface area (Å²) in [5.74, 6) is -0.854. The van der Waals surface area contributed by atoms with Crippen molar-refractivity contribution < 1.29 is 9.90 Å². The highest BCUT2D eigenvalue weighted by Crippen LogP contribution is 2.18. The van der Waals surface area contributed by atoms with Crippen LogP contribution in [0.4, 0.5) is 0 Å². The standard InChI is InChI=1S/C17H21NO2/c1-13(2)18-15(11-12-16(18)17(19)20)10-6-9-14-7-4-3-5-8-14/h3-5,7-8,11-13H,6,9-10H2,1-2H3,(H,19,20). The third kappa shape index (κ3) is 3.29. The van der Waals surface area contributed by atoms with Crippen LogP contribution < -0.4 is 0 Å². The van der Waals surface area contributed by atoms with E-state index in [2.05, 4.69) is 24.3 Å². The number of nitrogens with zero attached hydrogens (tertiary/aromatic N) is 1. The molecule has 0 aliphatic heterocycles. The molecule has 0 fully saturated rings. The maximum absolute atomic E-state index is 11.2. The first kappa shape index (κ1) is 14.4. The van der Waals surface area contributed by atoms with Crippen molar-refractivity contribution in [3.63, 3.8) is 0 Å². The van der Waals surface area contributed by atoms with Gasteiger partial charge in [0.2, 0.25) is 0 Å². The van der Waals surface area contributed by atoms with Crippen molar-refractivity contribution in [2.75, 3.05) is 0 Å². The van der Waals surface area contributed by atoms with Gasteiger partial charge in [-0.25, -0.2) is 4.79 Å². The van der Waals surface area contributed by atoms with Crippen LogP contribution in [0.2, 0.25) is 0 Å². The zero-order chi connectivity index (χ0) is 14.5. The molecule has 0 saturated heterocycles. The van der Waals surface area contributed by atoms with Gasteiger partial charge < -0.3 is 9.67 Å². The molecule has 1 N–H and O–H groups in total. The van der Waals surface area contributed by atoms with E-state index in [1.54, 1.807) is 6.07 Å². The minimum absolute atomic E-state index is 0.169. The van der Waals surface area contributed by atoms with Crippen LogP contribution in [-0.4, -0.2) is 15.6 Å². The molecule has 0 atom stereocenters. The minimum atomic E-state index is -0.854. The summed E-state index contributed by atoms with van der Waals surface area (Å²) < 4.78 is 1.92. The molecule has 2 rings (SSSR count). The fourth-order valence-corrected chi connectivity index (χ4v) is 2.60. The average Bonchev–Trinajstić information content (AvgIpc) is 2.84. The van der Waals surface area contributed by atoms with Gasteiger partial charge in [0.25, 0.3) is 0 Å². The van der Waals surface area contributed by atoms with Crippen LogP contribution in [0.5, 0.6) is 0 Å². The summed E-state index contributed by atoms with van der Waals surface area (Å²) in [4.78, 5) is 11.2. The van der Waals surface area contributed by atoms with Gasteiger partial charge in [0, 0.05) is 11.7 Å². The first-order valence-corrected chi connectivity index (χ1v) is 7.07. The van der Waals surface area contributed by atoms with Gasteiger partial charge in [-0.15, -0.1) is 0 Å². The molecule has 0 amide bonds. The Bertz CT molecular complexity index is 570. The normalized spacial score (nSPS) is 10.9. The summed E-state index contributed by atoms with van der Waals surface area (Å²) in [7, 11) is 0. The van der Waals surface area contributed by atoms with Gasteiger partial charge in [0.15, 0.2) is 0 Å². The Morgan fingerprint density at radius 1 is 1.10 bits per heavy atom. The molecule has 2 aromatic rings. The van der Waals surface area contributed by atoms with E-state index in [9.17, 15) is 9.90 Å². The lowest BCUT2D eigenvalue weighted by Gasteiger charge is -2.15. The number of carboxylic acid groups (broad SMARTS) is 1. The van der Waals surface area contributed by atoms with Crippen LogP contribution in [0.1, 0.15) is 48.1 Å². The van der Waals surface area contributed by atoms with E-state index in [4.69, 9.17) is 0 Å². The smallest absolute Gasteiger partial charge is 0.352 e. The molecule has 0 unspecified atom stereocenters. The summed E-state index contributed by atoms with van der Waals surface area (Å²) in [5.41, 5.74) is 2.82. The van der Waals surface area contributed by atoms with Gasteiger partial charge in [-0.1, -0.05) is 30.3 Å². The molecule has 20 heavy (non-hydrogen) atoms. The number of hydrogen-bond acceptors (Lipinski definition) is 1. The third-order valence-electron chi connectivity index (χ3n) is 3.48. The SMILES string of the molecule is CC(C)n1c(CCCc2ccccc2)ccc1C(=O)O. The van der Waals surface area contributed by atoms with E-state index in [0.717, 1.165) is 25.0 Å². The maximum atomic E-state index is 11.2. The summed E-state index contributed by atoms with van der Waals surface area (Å²) in [6.45, 7) is 4.04. The van der Waals surface area contributed by atoms with Crippen molar-refractivity contribution in [2.45, 2.75) is 39.2 Å². The Balaban J connectivity index is 2.04. The molecule has 0 spiro atoms. The minimum Gasteiger partial charge on any atom is -0.477 e. The number of carbonyl (C=O) groups is 1. The van der Waals surface area contributed by atoms with E-state index < -0.39 is 5.97 Å². The molecular weight excluding hydrogens is 250 g/mol. The molecule has 3 heteroatoms. The van der Waals surface area contributed by atoms with Crippen molar-refractivity contribution in [1.29, 1.82) is 0 Å². The number of carboxylic acids is 1. The largest absolute Gasteiger partial charge is 0.477 e. The third-order valence-corrected chi connectivity index (χ3v) is 3.48. The predicted octanol–water partition coefficient (Wildman–Crippen LogP) is 3.94. The molecule has 0 bridgehead atoms. The number of hydrogen-bond donors (Lipinski definition) is 1. The van der Waals surface area contributed by atoms with Crippen LogP contribution in [-0.2, 0) is 12.8 Å². The molecule has 0 aliphatic rings. The number of aryl methyl sites for hydroxylation is 2. The van der Waals surface area contributed by atoms with Crippen LogP contribution in [0.3, 0.4) is 0 Å². The zero-order valence-corrected chi connectivity index (χ0v) is 12.0. The fourth-order valence-electron chi connectivity index (χ4n) is 2.60. The van der Waals surface area contributed by atoms with Gasteiger partial charge in [-0.2, -0.15) is 0 Å². The van der Waals surface area contributed by atoms with Gasteiger partial charge in [-0.05, 0) is 50.8 Å². The molecule has 1 heterocycles. The quantitative estimate of drug-likeness (QED) is 0.864. The number of aromatic nitrogens is 1. The monoisotopic (exact) mass is 271 g/mol. The summed E-state index contributed by atoms with van der Waals surface area (Å²) >= 11 is 0. The highest BCUT2D eigenvalue weighted by atomic mass is 16.4. The second-order valence-corrected chi connectivity index (χ2v) is 5.32. The lowest BCUT2D eigenvalue weighted by atomic mass is 10.1. The number of rotatable bonds is 6. The lowest BCUT2D eigenvalue weighted by Crippen LogP contribution is -2.13. The van der Waals surface area contributed by atoms with Crippen molar-refractivity contribution in [3.8, 4) is 0 Å². The first-order chi connectivity index (χ1) is 9.59. The second-order valence-electron chi connectivity index (χ2n) is 5.32. The molecule has 0 aliphatic carbocycles. The van der Waals surface area contributed by atoms with E-state index in [-0.39, 0.29) is 6.04 Å². The van der Waals surface area contributed by atoms with Crippen molar-refractivity contribution >= 4 is 5.97 Å². The Labute approximate surface area is 119 Å². The zero-order valence-electron chi connectivity index (χ0n) is 12.0. The molecule has 0 saturated carbocycles. The summed E-state index contributed by atoms with van der Waals surface area (Å²) in [5, 5.41) is 9.21. The molecule has 1 aromatic carbocycles. The van der Waals surface area contributed by atoms with Crippen LogP contribution in [0.15, 0.2) is 42.5 Å². The van der Waals surface area contributed by atoms with E-state index in [0.29, 0.717) is 5.69 Å². The Kier molecular flexibility index (Phi) is 4.61. The Morgan fingerprint density at radius 2 is 1.80 bits per heavy atom. The van der Waals surface area contributed by atoms with Gasteiger partial charge in [-0.3, -0.25) is 0 Å². The predicted molar refractivity (Wildman–Crippen MR) is 80.2 cm³/mol. The van der Waals surface area contributed by atoms with Crippen LogP contribution in [0.25, 0.3) is 0 Å². The highest BCUT2D eigenvalue weighted by Gasteiger charge is 2.15. The number of aromatic carboxylic acids is 1. The molecular formula is C17H21NO2. The van der Waals surface area contributed by atoms with Crippen LogP contribution in [0, 0.1) is 0 Å². The van der Waals surface area contributed by atoms with Gasteiger partial charge in [0.1, 0.15) is 5.69 Å². The highest BCUT2D eigenvalue weighted by molar-refractivity contribution is 5.86. The van der Waals surface area contributed by atoms with Gasteiger partial charge >= 0.3 is 5.97 Å². The van der Waals surface area contributed by atoms with E-state index in [1.165, 1.54) is 5.56 Å². The Hall–Kier alpha value is -2.03. The fraction of sp³-hybridized carbons (Fsp3) is 0.353. The van der Waals surface area contributed by atoms with E-state index >= 15 is 0 Å². The summed E-state index contributed by atoms with van der Waals surface area (Å²) in [6, 6.07) is 14.2.